The molecule has 146 valence electrons. The lowest BCUT2D eigenvalue weighted by atomic mass is 10.2. The van der Waals surface area contributed by atoms with E-state index < -0.39 is 20.7 Å². The monoisotopic (exact) mass is 403 g/mol. The van der Waals surface area contributed by atoms with Gasteiger partial charge in [0.1, 0.15) is 16.4 Å². The second-order valence-electron chi connectivity index (χ2n) is 5.88. The Morgan fingerprint density at radius 1 is 1.14 bits per heavy atom. The summed E-state index contributed by atoms with van der Waals surface area (Å²) >= 11 is 0. The summed E-state index contributed by atoms with van der Waals surface area (Å²) in [5.41, 5.74) is 1.47. The van der Waals surface area contributed by atoms with Gasteiger partial charge in [-0.05, 0) is 42.0 Å². The van der Waals surface area contributed by atoms with Crippen molar-refractivity contribution in [3.05, 3.63) is 72.4 Å². The van der Waals surface area contributed by atoms with Crippen LogP contribution >= 0.6 is 0 Å². The molecular formula is C19H18FN3O4S. The molecule has 0 aliphatic rings. The predicted octanol–water partition coefficient (Wildman–Crippen LogP) is 2.47. The average molecular weight is 403 g/mol. The summed E-state index contributed by atoms with van der Waals surface area (Å²) in [5, 5.41) is 2.70. The Balaban J connectivity index is 1.49. The highest BCUT2D eigenvalue weighted by Crippen LogP contribution is 2.18. The van der Waals surface area contributed by atoms with Crippen LogP contribution in [-0.4, -0.2) is 25.9 Å². The summed E-state index contributed by atoms with van der Waals surface area (Å²) in [6.07, 6.45) is 3.08. The highest BCUT2D eigenvalue weighted by atomic mass is 32.2. The maximum atomic E-state index is 13.6. The van der Waals surface area contributed by atoms with Crippen LogP contribution in [0, 0.1) is 5.82 Å². The van der Waals surface area contributed by atoms with E-state index in [1.165, 1.54) is 12.1 Å². The van der Waals surface area contributed by atoms with Crippen LogP contribution in [0.2, 0.25) is 0 Å². The van der Waals surface area contributed by atoms with E-state index in [0.29, 0.717) is 11.5 Å². The van der Waals surface area contributed by atoms with Crippen molar-refractivity contribution in [3.8, 4) is 11.5 Å². The van der Waals surface area contributed by atoms with Gasteiger partial charge in [-0.3, -0.25) is 9.78 Å². The third-order valence-electron chi connectivity index (χ3n) is 3.86. The standard InChI is InChI=1S/C19H18FN3O4S/c20-15-4-1-2-6-18(15)28(25,26)23-10-8-19(24)22-13-14-7-9-21-16(12-14)17-5-3-11-27-17/h1-7,9,11-12,23H,8,10,13H2,(H,22,24). The molecule has 1 aromatic carbocycles. The number of nitrogens with one attached hydrogen (secondary N) is 2. The molecule has 9 heteroatoms. The van der Waals surface area contributed by atoms with E-state index in [2.05, 4.69) is 15.0 Å². The smallest absolute Gasteiger partial charge is 0.243 e. The van der Waals surface area contributed by atoms with Crippen LogP contribution in [0.4, 0.5) is 4.39 Å². The molecule has 0 saturated heterocycles. The van der Waals surface area contributed by atoms with Gasteiger partial charge >= 0.3 is 0 Å². The van der Waals surface area contributed by atoms with Gasteiger partial charge in [-0.25, -0.2) is 17.5 Å². The molecular weight excluding hydrogens is 385 g/mol. The molecule has 0 aliphatic carbocycles. The first-order chi connectivity index (χ1) is 13.5. The number of aromatic nitrogens is 1. The molecule has 0 atom stereocenters. The van der Waals surface area contributed by atoms with Crippen molar-refractivity contribution in [2.45, 2.75) is 17.9 Å². The first-order valence-corrected chi connectivity index (χ1v) is 9.94. The lowest BCUT2D eigenvalue weighted by Gasteiger charge is -2.08. The number of rotatable bonds is 8. The van der Waals surface area contributed by atoms with Gasteiger partial charge in [-0.15, -0.1) is 0 Å². The maximum Gasteiger partial charge on any atom is 0.243 e. The number of halogens is 1. The van der Waals surface area contributed by atoms with Crippen LogP contribution < -0.4 is 10.0 Å². The molecule has 7 nitrogen and oxygen atoms in total. The van der Waals surface area contributed by atoms with E-state index in [1.54, 1.807) is 36.7 Å². The van der Waals surface area contributed by atoms with Crippen LogP contribution in [0.5, 0.6) is 0 Å². The van der Waals surface area contributed by atoms with E-state index in [9.17, 15) is 17.6 Å². The molecule has 0 bridgehead atoms. The molecule has 2 aromatic heterocycles. The zero-order valence-corrected chi connectivity index (χ0v) is 15.6. The van der Waals surface area contributed by atoms with Crippen molar-refractivity contribution in [2.75, 3.05) is 6.54 Å². The summed E-state index contributed by atoms with van der Waals surface area (Å²) in [5.74, 6) is -0.562. The van der Waals surface area contributed by atoms with Gasteiger partial charge < -0.3 is 9.73 Å². The van der Waals surface area contributed by atoms with Crippen molar-refractivity contribution in [3.63, 3.8) is 0 Å². The van der Waals surface area contributed by atoms with Crippen LogP contribution in [0.1, 0.15) is 12.0 Å². The Bertz CT molecular complexity index is 1050. The Morgan fingerprint density at radius 2 is 1.96 bits per heavy atom. The number of sulfonamides is 1. The number of benzene rings is 1. The topological polar surface area (TPSA) is 101 Å². The quantitative estimate of drug-likeness (QED) is 0.602. The Morgan fingerprint density at radius 3 is 2.71 bits per heavy atom. The Kier molecular flexibility index (Phi) is 6.17. The second kappa shape index (κ2) is 8.77. The summed E-state index contributed by atoms with van der Waals surface area (Å²) in [6, 6.07) is 12.1. The number of furan rings is 1. The average Bonchev–Trinajstić information content (AvgIpc) is 3.21. The molecule has 0 spiro atoms. The molecule has 0 unspecified atom stereocenters. The zero-order chi connectivity index (χ0) is 20.0. The molecule has 1 amide bonds. The van der Waals surface area contributed by atoms with E-state index in [1.807, 2.05) is 0 Å². The minimum absolute atomic E-state index is 0.0796. The summed E-state index contributed by atoms with van der Waals surface area (Å²) in [6.45, 7) is 0.117. The van der Waals surface area contributed by atoms with Gasteiger partial charge in [-0.2, -0.15) is 0 Å². The van der Waals surface area contributed by atoms with Crippen LogP contribution in [0.3, 0.4) is 0 Å². The number of hydrogen-bond donors (Lipinski definition) is 2. The van der Waals surface area contributed by atoms with Gasteiger partial charge in [0, 0.05) is 25.7 Å². The van der Waals surface area contributed by atoms with Gasteiger partial charge in [0.05, 0.1) is 6.26 Å². The van der Waals surface area contributed by atoms with Crippen LogP contribution in [0.25, 0.3) is 11.5 Å². The number of carbonyl (C=O) groups excluding carboxylic acids is 1. The fourth-order valence-corrected chi connectivity index (χ4v) is 3.58. The van der Waals surface area contributed by atoms with Crippen molar-refractivity contribution in [2.24, 2.45) is 0 Å². The molecule has 0 radical (unpaired) electrons. The van der Waals surface area contributed by atoms with Crippen LogP contribution in [-0.2, 0) is 21.4 Å². The van der Waals surface area contributed by atoms with E-state index in [4.69, 9.17) is 4.42 Å². The van der Waals surface area contributed by atoms with Crippen molar-refractivity contribution < 1.29 is 22.0 Å². The van der Waals surface area contributed by atoms with E-state index >= 15 is 0 Å². The fraction of sp³-hybridized carbons (Fsp3) is 0.158. The molecule has 2 heterocycles. The summed E-state index contributed by atoms with van der Waals surface area (Å²) in [4.78, 5) is 15.7. The molecule has 3 rings (SSSR count). The first kappa shape index (κ1) is 19.7. The van der Waals surface area contributed by atoms with Crippen molar-refractivity contribution >= 4 is 15.9 Å². The molecule has 0 aliphatic heterocycles. The largest absolute Gasteiger partial charge is 0.463 e. The minimum atomic E-state index is -4.01. The van der Waals surface area contributed by atoms with Crippen molar-refractivity contribution in [1.29, 1.82) is 0 Å². The highest BCUT2D eigenvalue weighted by molar-refractivity contribution is 7.89. The SMILES string of the molecule is O=C(CCNS(=O)(=O)c1ccccc1F)NCc1ccnc(-c2ccco2)c1. The minimum Gasteiger partial charge on any atom is -0.463 e. The Hall–Kier alpha value is -3.04. The number of amides is 1. The van der Waals surface area contributed by atoms with Gasteiger partial charge in [-0.1, -0.05) is 12.1 Å². The van der Waals surface area contributed by atoms with E-state index in [-0.39, 0.29) is 25.4 Å². The van der Waals surface area contributed by atoms with Crippen LogP contribution in [0.15, 0.2) is 70.3 Å². The number of nitrogens with zero attached hydrogens (tertiary/aromatic N) is 1. The maximum absolute atomic E-state index is 13.6. The molecule has 0 saturated carbocycles. The zero-order valence-electron chi connectivity index (χ0n) is 14.8. The third-order valence-corrected chi connectivity index (χ3v) is 5.35. The molecule has 28 heavy (non-hydrogen) atoms. The number of pyridine rings is 1. The highest BCUT2D eigenvalue weighted by Gasteiger charge is 2.18. The number of carbonyl (C=O) groups is 1. The molecule has 3 aromatic rings. The fourth-order valence-electron chi connectivity index (χ4n) is 2.47. The molecule has 0 fully saturated rings. The summed E-state index contributed by atoms with van der Waals surface area (Å²) in [7, 11) is -4.01. The van der Waals surface area contributed by atoms with E-state index in [0.717, 1.165) is 17.7 Å². The van der Waals surface area contributed by atoms with Gasteiger partial charge in [0.2, 0.25) is 15.9 Å². The Labute approximate surface area is 161 Å². The van der Waals surface area contributed by atoms with Gasteiger partial charge in [0.15, 0.2) is 5.76 Å². The van der Waals surface area contributed by atoms with Gasteiger partial charge in [0.25, 0.3) is 0 Å². The summed E-state index contributed by atoms with van der Waals surface area (Å²) < 4.78 is 45.2. The third kappa shape index (κ3) is 5.02. The molecule has 2 N–H and O–H groups in total. The van der Waals surface area contributed by atoms with Crippen molar-refractivity contribution in [1.82, 2.24) is 15.0 Å². The second-order valence-corrected chi connectivity index (χ2v) is 7.62. The lowest BCUT2D eigenvalue weighted by Crippen LogP contribution is -2.31. The lowest BCUT2D eigenvalue weighted by molar-refractivity contribution is -0.121. The predicted molar refractivity (Wildman–Crippen MR) is 100.0 cm³/mol. The first-order valence-electron chi connectivity index (χ1n) is 8.45. The normalized spacial score (nSPS) is 11.3. The number of hydrogen-bond acceptors (Lipinski definition) is 5.